The van der Waals surface area contributed by atoms with Crippen molar-refractivity contribution in [2.24, 2.45) is 5.92 Å². The smallest absolute Gasteiger partial charge is 0.410 e. The first-order valence-electron chi connectivity index (χ1n) is 7.80. The van der Waals surface area contributed by atoms with Crippen molar-refractivity contribution in [1.29, 1.82) is 0 Å². The van der Waals surface area contributed by atoms with Gasteiger partial charge in [-0.25, -0.2) is 9.18 Å². The Morgan fingerprint density at radius 2 is 2.00 bits per heavy atom. The second-order valence-electron chi connectivity index (χ2n) is 6.80. The quantitative estimate of drug-likeness (QED) is 0.810. The van der Waals surface area contributed by atoms with E-state index >= 15 is 0 Å². The molecule has 0 N–H and O–H groups in total. The van der Waals surface area contributed by atoms with Gasteiger partial charge in [0.05, 0.1) is 11.6 Å². The predicted octanol–water partition coefficient (Wildman–Crippen LogP) is 4.51. The number of hydrogen-bond acceptors (Lipinski definition) is 3. The van der Waals surface area contributed by atoms with E-state index in [0.29, 0.717) is 31.4 Å². The summed E-state index contributed by atoms with van der Waals surface area (Å²) in [4.78, 5) is 13.7. The number of carbonyl (C=O) groups excluding carboxylic acids is 1. The Labute approximate surface area is 141 Å². The van der Waals surface area contributed by atoms with Crippen LogP contribution in [0.4, 0.5) is 9.18 Å². The van der Waals surface area contributed by atoms with Crippen LogP contribution in [0.3, 0.4) is 0 Å². The fourth-order valence-electron chi connectivity index (χ4n) is 2.39. The van der Waals surface area contributed by atoms with Crippen molar-refractivity contribution in [1.82, 2.24) is 4.90 Å². The molecule has 1 aromatic carbocycles. The number of hydrogen-bond donors (Lipinski definition) is 0. The van der Waals surface area contributed by atoms with Crippen LogP contribution in [0.1, 0.15) is 33.6 Å². The molecule has 128 valence electrons. The summed E-state index contributed by atoms with van der Waals surface area (Å²) >= 11 is 5.64. The molecule has 0 aliphatic carbocycles. The highest BCUT2D eigenvalue weighted by Gasteiger charge is 2.27. The molecule has 0 bridgehead atoms. The summed E-state index contributed by atoms with van der Waals surface area (Å²) < 4.78 is 24.3. The van der Waals surface area contributed by atoms with Gasteiger partial charge in [-0.3, -0.25) is 0 Å². The third-order valence-electron chi connectivity index (χ3n) is 3.64. The molecule has 0 aromatic heterocycles. The number of amides is 1. The Bertz CT molecular complexity index is 551. The molecule has 6 heteroatoms. The van der Waals surface area contributed by atoms with E-state index < -0.39 is 11.4 Å². The molecule has 1 amide bonds. The number of ether oxygens (including phenoxy) is 2. The minimum atomic E-state index is -0.482. The second-order valence-corrected chi connectivity index (χ2v) is 7.20. The third kappa shape index (κ3) is 5.57. The van der Waals surface area contributed by atoms with Gasteiger partial charge in [0.1, 0.15) is 17.2 Å². The van der Waals surface area contributed by atoms with Crippen molar-refractivity contribution in [2.75, 3.05) is 19.7 Å². The first-order valence-corrected chi connectivity index (χ1v) is 8.18. The van der Waals surface area contributed by atoms with Crippen LogP contribution in [0.5, 0.6) is 5.75 Å². The maximum atomic E-state index is 13.4. The van der Waals surface area contributed by atoms with E-state index in [2.05, 4.69) is 0 Å². The van der Waals surface area contributed by atoms with E-state index in [1.54, 1.807) is 11.0 Å². The Kier molecular flexibility index (Phi) is 5.74. The van der Waals surface area contributed by atoms with Gasteiger partial charge in [0.25, 0.3) is 0 Å². The van der Waals surface area contributed by atoms with Gasteiger partial charge in [-0.2, -0.15) is 0 Å². The largest absolute Gasteiger partial charge is 0.493 e. The molecular formula is C17H23ClFNO3. The summed E-state index contributed by atoms with van der Waals surface area (Å²) in [5, 5.41) is 0.0861. The minimum absolute atomic E-state index is 0.0861. The molecule has 0 saturated carbocycles. The number of piperidine rings is 1. The summed E-state index contributed by atoms with van der Waals surface area (Å²) in [6.07, 6.45) is 1.42. The molecule has 0 unspecified atom stereocenters. The third-order valence-corrected chi connectivity index (χ3v) is 3.95. The minimum Gasteiger partial charge on any atom is -0.493 e. The fraction of sp³-hybridized carbons (Fsp3) is 0.588. The van der Waals surface area contributed by atoms with Gasteiger partial charge >= 0.3 is 6.09 Å². The van der Waals surface area contributed by atoms with Crippen molar-refractivity contribution >= 4 is 17.7 Å². The molecule has 1 saturated heterocycles. The van der Waals surface area contributed by atoms with Gasteiger partial charge in [0.2, 0.25) is 0 Å². The van der Waals surface area contributed by atoms with Gasteiger partial charge in [0.15, 0.2) is 0 Å². The van der Waals surface area contributed by atoms with Gasteiger partial charge in [-0.05, 0) is 51.7 Å². The zero-order valence-electron chi connectivity index (χ0n) is 13.8. The van der Waals surface area contributed by atoms with Crippen LogP contribution in [-0.4, -0.2) is 36.3 Å². The Morgan fingerprint density at radius 3 is 2.57 bits per heavy atom. The summed E-state index contributed by atoms with van der Waals surface area (Å²) in [5.41, 5.74) is -0.476. The lowest BCUT2D eigenvalue weighted by molar-refractivity contribution is 0.0165. The lowest BCUT2D eigenvalue weighted by atomic mass is 9.98. The van der Waals surface area contributed by atoms with E-state index in [-0.39, 0.29) is 11.1 Å². The van der Waals surface area contributed by atoms with Crippen LogP contribution in [-0.2, 0) is 4.74 Å². The number of nitrogens with zero attached hydrogens (tertiary/aromatic N) is 1. The maximum absolute atomic E-state index is 13.4. The predicted molar refractivity (Wildman–Crippen MR) is 87.4 cm³/mol. The molecule has 1 fully saturated rings. The van der Waals surface area contributed by atoms with Gasteiger partial charge in [-0.1, -0.05) is 11.6 Å². The van der Waals surface area contributed by atoms with E-state index in [0.717, 1.165) is 12.8 Å². The highest BCUT2D eigenvalue weighted by molar-refractivity contribution is 6.30. The summed E-state index contributed by atoms with van der Waals surface area (Å²) in [7, 11) is 0. The average Bonchev–Trinajstić information content (AvgIpc) is 2.47. The van der Waals surface area contributed by atoms with Crippen molar-refractivity contribution in [3.8, 4) is 5.75 Å². The van der Waals surface area contributed by atoms with Crippen LogP contribution in [0.2, 0.25) is 5.02 Å². The average molecular weight is 344 g/mol. The molecule has 1 aromatic rings. The van der Waals surface area contributed by atoms with Gasteiger partial charge in [-0.15, -0.1) is 0 Å². The number of rotatable bonds is 3. The molecule has 0 atom stereocenters. The summed E-state index contributed by atoms with van der Waals surface area (Å²) in [6, 6.07) is 4.43. The highest BCUT2D eigenvalue weighted by Crippen LogP contribution is 2.23. The van der Waals surface area contributed by atoms with Crippen LogP contribution in [0.25, 0.3) is 0 Å². The van der Waals surface area contributed by atoms with E-state index in [1.165, 1.54) is 12.1 Å². The van der Waals surface area contributed by atoms with Crippen LogP contribution >= 0.6 is 11.6 Å². The Hall–Kier alpha value is -1.49. The molecule has 1 aliphatic rings. The maximum Gasteiger partial charge on any atom is 0.410 e. The van der Waals surface area contributed by atoms with Crippen molar-refractivity contribution in [2.45, 2.75) is 39.2 Å². The second kappa shape index (κ2) is 7.39. The van der Waals surface area contributed by atoms with Crippen LogP contribution < -0.4 is 4.74 Å². The molecular weight excluding hydrogens is 321 g/mol. The normalized spacial score (nSPS) is 16.3. The lowest BCUT2D eigenvalue weighted by Crippen LogP contribution is -2.42. The monoisotopic (exact) mass is 343 g/mol. The first-order chi connectivity index (χ1) is 10.7. The zero-order chi connectivity index (χ0) is 17.0. The van der Waals surface area contributed by atoms with Crippen molar-refractivity contribution in [3.63, 3.8) is 0 Å². The highest BCUT2D eigenvalue weighted by atomic mass is 35.5. The number of carbonyl (C=O) groups is 1. The fourth-order valence-corrected chi connectivity index (χ4v) is 2.51. The topological polar surface area (TPSA) is 38.8 Å². The first kappa shape index (κ1) is 17.9. The molecule has 0 spiro atoms. The molecule has 0 radical (unpaired) electrons. The molecule has 23 heavy (non-hydrogen) atoms. The number of likely N-dealkylation sites (tertiary alicyclic amines) is 1. The summed E-state index contributed by atoms with van der Waals surface area (Å²) in [5.74, 6) is 0.331. The molecule has 1 aliphatic heterocycles. The summed E-state index contributed by atoms with van der Waals surface area (Å²) in [6.45, 7) is 7.38. The number of benzene rings is 1. The Balaban J connectivity index is 1.76. The zero-order valence-corrected chi connectivity index (χ0v) is 14.5. The van der Waals surface area contributed by atoms with E-state index in [9.17, 15) is 9.18 Å². The van der Waals surface area contributed by atoms with Gasteiger partial charge < -0.3 is 14.4 Å². The number of halogens is 2. The SMILES string of the molecule is CC(C)(C)OC(=O)N1CCC(COc2ccc(Cl)c(F)c2)CC1. The van der Waals surface area contributed by atoms with Crippen molar-refractivity contribution < 1.29 is 18.7 Å². The van der Waals surface area contributed by atoms with Crippen LogP contribution in [0, 0.1) is 11.7 Å². The van der Waals surface area contributed by atoms with Crippen LogP contribution in [0.15, 0.2) is 18.2 Å². The van der Waals surface area contributed by atoms with Crippen molar-refractivity contribution in [3.05, 3.63) is 29.0 Å². The molecule has 1 heterocycles. The molecule has 2 rings (SSSR count). The van der Waals surface area contributed by atoms with E-state index in [4.69, 9.17) is 21.1 Å². The van der Waals surface area contributed by atoms with Gasteiger partial charge in [0, 0.05) is 19.2 Å². The lowest BCUT2D eigenvalue weighted by Gasteiger charge is -2.33. The van der Waals surface area contributed by atoms with E-state index in [1.807, 2.05) is 20.8 Å². The standard InChI is InChI=1S/C17H23ClFNO3/c1-17(2,3)23-16(21)20-8-6-12(7-9-20)11-22-13-4-5-14(18)15(19)10-13/h4-5,10,12H,6-9,11H2,1-3H3. The molecule has 4 nitrogen and oxygen atoms in total. The Morgan fingerprint density at radius 1 is 1.35 bits per heavy atom.